The smallest absolute Gasteiger partial charge is 0.422 e. The van der Waals surface area contributed by atoms with E-state index in [0.717, 1.165) is 30.2 Å². The Labute approximate surface area is 329 Å². The molecule has 1 aromatic heterocycles. The summed E-state index contributed by atoms with van der Waals surface area (Å²) in [4.78, 5) is 63.0. The first-order valence-corrected chi connectivity index (χ1v) is 18.2. The molecule has 2 atom stereocenters. The monoisotopic (exact) mass is 810 g/mol. The molecule has 0 bridgehead atoms. The lowest BCUT2D eigenvalue weighted by molar-refractivity contribution is -0.154. The first kappa shape index (κ1) is 40.6. The summed E-state index contributed by atoms with van der Waals surface area (Å²) < 4.78 is 54.3. The normalized spacial score (nSPS) is 15.9. The second-order valence-electron chi connectivity index (χ2n) is 13.2. The largest absolute Gasteiger partial charge is 0.467 e. The number of rotatable bonds is 15. The predicted molar refractivity (Wildman–Crippen MR) is 200 cm³/mol. The summed E-state index contributed by atoms with van der Waals surface area (Å²) in [5.41, 5.74) is 2.89. The topological polar surface area (TPSA) is 195 Å². The number of carbonyl (C=O) groups excluding carboxylic acids is 4. The van der Waals surface area contributed by atoms with Crippen molar-refractivity contribution in [1.29, 1.82) is 0 Å². The molecule has 0 spiro atoms. The van der Waals surface area contributed by atoms with Gasteiger partial charge >= 0.3 is 30.0 Å². The van der Waals surface area contributed by atoms with E-state index in [1.807, 2.05) is 36.4 Å². The second-order valence-corrected chi connectivity index (χ2v) is 13.6. The predicted octanol–water partition coefficient (Wildman–Crippen LogP) is 4.52. The molecule has 2 aliphatic rings. The van der Waals surface area contributed by atoms with Crippen LogP contribution in [0.25, 0.3) is 0 Å². The average Bonchev–Trinajstić information content (AvgIpc) is 3.98. The summed E-state index contributed by atoms with van der Waals surface area (Å²) in [7, 11) is 1.14. The van der Waals surface area contributed by atoms with E-state index < -0.39 is 60.2 Å². The number of aromatic nitrogens is 3. The zero-order chi connectivity index (χ0) is 40.6. The maximum Gasteiger partial charge on any atom is 0.422 e. The molecule has 1 aliphatic carbocycles. The Morgan fingerprint density at radius 1 is 0.930 bits per heavy atom. The fourth-order valence-corrected chi connectivity index (χ4v) is 6.19. The molecule has 3 aromatic carbocycles. The van der Waals surface area contributed by atoms with Gasteiger partial charge in [-0.3, -0.25) is 14.4 Å². The van der Waals surface area contributed by atoms with Crippen molar-refractivity contribution in [2.45, 2.75) is 49.5 Å². The van der Waals surface area contributed by atoms with Gasteiger partial charge < -0.3 is 40.8 Å². The number of alkyl halides is 3. The Hall–Kier alpha value is -6.01. The van der Waals surface area contributed by atoms with Crippen molar-refractivity contribution in [3.63, 3.8) is 0 Å². The van der Waals surface area contributed by atoms with Crippen LogP contribution in [-0.2, 0) is 35.8 Å². The Morgan fingerprint density at radius 2 is 1.63 bits per heavy atom. The Bertz CT molecular complexity index is 2090. The molecule has 2 heterocycles. The molecule has 1 fully saturated rings. The number of halogens is 4. The fourth-order valence-electron chi connectivity index (χ4n) is 6.06. The minimum absolute atomic E-state index is 0.0287. The molecule has 1 aliphatic heterocycles. The van der Waals surface area contributed by atoms with E-state index in [2.05, 4.69) is 41.5 Å². The summed E-state index contributed by atoms with van der Waals surface area (Å²) in [6, 6.07) is 18.9. The van der Waals surface area contributed by atoms with Crippen LogP contribution in [0.2, 0.25) is 5.02 Å². The van der Waals surface area contributed by atoms with E-state index >= 15 is 0 Å². The number of carbonyl (C=O) groups is 4. The van der Waals surface area contributed by atoms with Crippen LogP contribution in [0, 0.1) is 0 Å². The van der Waals surface area contributed by atoms with Crippen molar-refractivity contribution in [1.82, 2.24) is 30.9 Å². The summed E-state index contributed by atoms with van der Waals surface area (Å²) in [6.45, 7) is -1.18. The zero-order valence-corrected chi connectivity index (χ0v) is 31.2. The summed E-state index contributed by atoms with van der Waals surface area (Å²) in [5, 5.41) is 14.2. The lowest BCUT2D eigenvalue weighted by Crippen LogP contribution is -2.46. The lowest BCUT2D eigenvalue weighted by atomic mass is 9.97. The van der Waals surface area contributed by atoms with Crippen molar-refractivity contribution in [2.24, 2.45) is 0 Å². The van der Waals surface area contributed by atoms with E-state index in [1.165, 1.54) is 24.3 Å². The van der Waals surface area contributed by atoms with Gasteiger partial charge in [0, 0.05) is 29.4 Å². The number of ether oxygens (including phenoxy) is 3. The number of amides is 3. The van der Waals surface area contributed by atoms with Crippen LogP contribution in [0.4, 0.5) is 30.8 Å². The number of anilines is 3. The number of hydrogen-bond donors (Lipinski definition) is 5. The molecule has 3 amide bonds. The molecular formula is C38H38ClF3N8O7. The Balaban J connectivity index is 1.04. The van der Waals surface area contributed by atoms with E-state index in [-0.39, 0.29) is 37.0 Å². The van der Waals surface area contributed by atoms with Crippen LogP contribution >= 0.6 is 11.6 Å². The first-order valence-electron chi connectivity index (χ1n) is 17.8. The van der Waals surface area contributed by atoms with Crippen LogP contribution in [-0.4, -0.2) is 84.3 Å². The molecule has 1 unspecified atom stereocenters. The molecular weight excluding hydrogens is 773 g/mol. The maximum absolute atomic E-state index is 13.1. The third kappa shape index (κ3) is 11.1. The lowest BCUT2D eigenvalue weighted by Gasteiger charge is -2.26. The zero-order valence-electron chi connectivity index (χ0n) is 30.5. The third-order valence-corrected chi connectivity index (χ3v) is 9.39. The van der Waals surface area contributed by atoms with Crippen LogP contribution in [0.3, 0.4) is 0 Å². The van der Waals surface area contributed by atoms with Crippen LogP contribution in [0.5, 0.6) is 6.01 Å². The van der Waals surface area contributed by atoms with Gasteiger partial charge in [-0.1, -0.05) is 48.0 Å². The Kier molecular flexibility index (Phi) is 12.7. The summed E-state index contributed by atoms with van der Waals surface area (Å²) in [5.74, 6) is -3.40. The number of hydrogen-bond acceptors (Lipinski definition) is 12. The number of methoxy groups -OCH3 is 1. The van der Waals surface area contributed by atoms with Gasteiger partial charge in [-0.25, -0.2) is 4.79 Å². The summed E-state index contributed by atoms with van der Waals surface area (Å²) in [6.07, 6.45) is -2.95. The van der Waals surface area contributed by atoms with Crippen molar-refractivity contribution >= 4 is 52.9 Å². The van der Waals surface area contributed by atoms with Gasteiger partial charge in [-0.15, -0.1) is 0 Å². The fraction of sp³-hybridized carbons (Fsp3) is 0.342. The van der Waals surface area contributed by atoms with Crippen LogP contribution < -0.4 is 31.3 Å². The highest BCUT2D eigenvalue weighted by Gasteiger charge is 2.45. The molecule has 1 saturated carbocycles. The van der Waals surface area contributed by atoms with E-state index in [1.54, 1.807) is 12.1 Å². The summed E-state index contributed by atoms with van der Waals surface area (Å²) >= 11 is 6.03. The number of benzene rings is 3. The highest BCUT2D eigenvalue weighted by molar-refractivity contribution is 6.35. The molecule has 4 aromatic rings. The number of esters is 1. The average molecular weight is 811 g/mol. The molecule has 300 valence electrons. The minimum atomic E-state index is -4.64. The van der Waals surface area contributed by atoms with Gasteiger partial charge in [0.25, 0.3) is 5.91 Å². The Morgan fingerprint density at radius 3 is 2.33 bits per heavy atom. The van der Waals surface area contributed by atoms with Crippen molar-refractivity contribution < 1.29 is 46.6 Å². The highest BCUT2D eigenvalue weighted by Crippen LogP contribution is 2.48. The molecule has 0 saturated heterocycles. The van der Waals surface area contributed by atoms with Crippen LogP contribution in [0.15, 0.2) is 72.8 Å². The van der Waals surface area contributed by atoms with Crippen molar-refractivity contribution in [3.8, 4) is 6.01 Å². The van der Waals surface area contributed by atoms with Gasteiger partial charge in [0.2, 0.25) is 11.9 Å². The highest BCUT2D eigenvalue weighted by atomic mass is 35.5. The van der Waals surface area contributed by atoms with E-state index in [0.29, 0.717) is 30.2 Å². The van der Waals surface area contributed by atoms with E-state index in [4.69, 9.17) is 25.8 Å². The molecule has 6 rings (SSSR count). The molecule has 57 heavy (non-hydrogen) atoms. The number of nitrogens with zero attached hydrogens (tertiary/aromatic N) is 3. The minimum Gasteiger partial charge on any atom is -0.467 e. The SMILES string of the molecule is COC(=O)[C@H](CCNC(=O)C(=O)NCC1OCCc2ccccc21)NC(=O)c1ccc(Nc2nc(NC3(c4ccc(Cl)cc4)CC3)nc(OCC(F)(F)F)n2)cc1. The van der Waals surface area contributed by atoms with Crippen molar-refractivity contribution in [3.05, 3.63) is 100 Å². The standard InChI is InChI=1S/C38H38ClF3N8O7/c1-55-33(54)28(14-18-43-31(52)32(53)44-20-29-27-5-3-2-4-22(27)15-19-56-29)46-30(51)23-6-12-26(13-7-23)45-34-47-35(49-36(48-34)57-21-38(40,41)42)50-37(16-17-37)24-8-10-25(39)11-9-24/h2-13,28-29H,14-21H2,1H3,(H,43,52)(H,44,53)(H,46,51)(H2,45,47,48,49,50)/t28-,29?/m0/s1. The first-order chi connectivity index (χ1) is 27.3. The molecule has 0 radical (unpaired) electrons. The maximum atomic E-state index is 13.1. The third-order valence-electron chi connectivity index (χ3n) is 9.14. The van der Waals surface area contributed by atoms with Gasteiger partial charge in [-0.2, -0.15) is 28.1 Å². The van der Waals surface area contributed by atoms with Gasteiger partial charge in [0.05, 0.1) is 19.3 Å². The van der Waals surface area contributed by atoms with E-state index in [9.17, 15) is 32.3 Å². The quantitative estimate of drug-likeness (QED) is 0.0834. The second kappa shape index (κ2) is 17.8. The van der Waals surface area contributed by atoms with Gasteiger partial charge in [0.1, 0.15) is 12.1 Å². The van der Waals surface area contributed by atoms with Gasteiger partial charge in [-0.05, 0) is 78.8 Å². The number of fused-ring (bicyclic) bond motifs is 1. The van der Waals surface area contributed by atoms with Crippen molar-refractivity contribution in [2.75, 3.05) is 44.0 Å². The number of nitrogens with one attached hydrogen (secondary N) is 5. The molecule has 19 heteroatoms. The van der Waals surface area contributed by atoms with Gasteiger partial charge in [0.15, 0.2) is 6.61 Å². The molecule has 15 nitrogen and oxygen atoms in total. The molecule has 5 N–H and O–H groups in total. The van der Waals surface area contributed by atoms with Crippen LogP contribution in [0.1, 0.15) is 52.4 Å².